The molecule has 3 aromatic carbocycles. The Balaban J connectivity index is 1.89. The van der Waals surface area contributed by atoms with E-state index in [1.165, 1.54) is 0 Å². The molecule has 0 amide bonds. The number of rotatable bonds is 10. The summed E-state index contributed by atoms with van der Waals surface area (Å²) in [6, 6.07) is 21.0. The molecule has 7 nitrogen and oxygen atoms in total. The molecule has 0 spiro atoms. The number of para-hydroxylation sites is 2. The first kappa shape index (κ1) is 25.1. The number of aromatic nitrogens is 2. The minimum atomic E-state index is -1.07. The van der Waals surface area contributed by atoms with Gasteiger partial charge in [-0.15, -0.1) is 0 Å². The van der Waals surface area contributed by atoms with Gasteiger partial charge in [-0.2, -0.15) is 5.10 Å². The van der Waals surface area contributed by atoms with Gasteiger partial charge in [0, 0.05) is 21.7 Å². The summed E-state index contributed by atoms with van der Waals surface area (Å²) in [5, 5.41) is 14.6. The van der Waals surface area contributed by atoms with E-state index in [1.54, 1.807) is 19.2 Å². The Morgan fingerprint density at radius 3 is 2.42 bits per heavy atom. The number of benzene rings is 3. The standard InChI is InChI=1S/C28H27ClN2O5/c1-4-35-26-12-8-6-10-20(26)24-15-23(30-31(24)16-19-9-5-7-11-25(19)34-3)21-14-22(29)18(2)13-27(21)36-17-28(32)33/h5-15H,4,16-17H2,1-3H3,(H,32,33). The van der Waals surface area contributed by atoms with Gasteiger partial charge in [0.05, 0.1) is 31.6 Å². The van der Waals surface area contributed by atoms with E-state index in [-0.39, 0.29) is 0 Å². The summed E-state index contributed by atoms with van der Waals surface area (Å²) in [5.41, 5.74) is 4.61. The van der Waals surface area contributed by atoms with Crippen LogP contribution < -0.4 is 14.2 Å². The lowest BCUT2D eigenvalue weighted by Crippen LogP contribution is -2.10. The molecule has 4 rings (SSSR count). The third-order valence-corrected chi connectivity index (χ3v) is 6.05. The summed E-state index contributed by atoms with van der Waals surface area (Å²) >= 11 is 6.45. The summed E-state index contributed by atoms with van der Waals surface area (Å²) in [7, 11) is 1.64. The summed E-state index contributed by atoms with van der Waals surface area (Å²) in [4.78, 5) is 11.2. The maximum Gasteiger partial charge on any atom is 0.341 e. The number of ether oxygens (including phenoxy) is 3. The molecule has 0 fully saturated rings. The Kier molecular flexibility index (Phi) is 7.80. The van der Waals surface area contributed by atoms with Gasteiger partial charge in [0.2, 0.25) is 0 Å². The van der Waals surface area contributed by atoms with Crippen molar-refractivity contribution in [2.24, 2.45) is 0 Å². The van der Waals surface area contributed by atoms with Crippen molar-refractivity contribution in [1.29, 1.82) is 0 Å². The Hall–Kier alpha value is -3.97. The number of halogens is 1. The molecule has 0 atom stereocenters. The van der Waals surface area contributed by atoms with Crippen LogP contribution in [0.15, 0.2) is 66.7 Å². The number of carboxylic acids is 1. The van der Waals surface area contributed by atoms with Gasteiger partial charge < -0.3 is 19.3 Å². The van der Waals surface area contributed by atoms with Crippen LogP contribution in [0.25, 0.3) is 22.5 Å². The first-order chi connectivity index (χ1) is 17.4. The highest BCUT2D eigenvalue weighted by molar-refractivity contribution is 6.31. The van der Waals surface area contributed by atoms with Crippen LogP contribution in [0.3, 0.4) is 0 Å². The molecule has 36 heavy (non-hydrogen) atoms. The second-order valence-electron chi connectivity index (χ2n) is 8.09. The van der Waals surface area contributed by atoms with Gasteiger partial charge in [0.1, 0.15) is 17.2 Å². The number of hydrogen-bond donors (Lipinski definition) is 1. The average Bonchev–Trinajstić information content (AvgIpc) is 3.28. The number of methoxy groups -OCH3 is 1. The zero-order valence-corrected chi connectivity index (χ0v) is 21.1. The van der Waals surface area contributed by atoms with Crippen LogP contribution in [-0.2, 0) is 11.3 Å². The molecule has 0 bridgehead atoms. The highest BCUT2D eigenvalue weighted by Gasteiger charge is 2.20. The third kappa shape index (κ3) is 5.47. The molecule has 0 saturated heterocycles. The minimum absolute atomic E-state index is 0.394. The van der Waals surface area contributed by atoms with Crippen LogP contribution in [-0.4, -0.2) is 41.2 Å². The summed E-state index contributed by atoms with van der Waals surface area (Å²) < 4.78 is 18.9. The van der Waals surface area contributed by atoms with Gasteiger partial charge in [0.25, 0.3) is 0 Å². The van der Waals surface area contributed by atoms with Gasteiger partial charge in [-0.1, -0.05) is 41.9 Å². The molecule has 0 saturated carbocycles. The number of aryl methyl sites for hydroxylation is 1. The molecule has 0 radical (unpaired) electrons. The smallest absolute Gasteiger partial charge is 0.341 e. The van der Waals surface area contributed by atoms with Crippen LogP contribution in [0.5, 0.6) is 17.2 Å². The van der Waals surface area contributed by atoms with Crippen molar-refractivity contribution < 1.29 is 24.1 Å². The second kappa shape index (κ2) is 11.2. The lowest BCUT2D eigenvalue weighted by molar-refractivity contribution is -0.139. The Bertz CT molecular complexity index is 1380. The fourth-order valence-electron chi connectivity index (χ4n) is 3.95. The topological polar surface area (TPSA) is 82.8 Å². The van der Waals surface area contributed by atoms with Crippen molar-refractivity contribution >= 4 is 17.6 Å². The van der Waals surface area contributed by atoms with E-state index in [2.05, 4.69) is 0 Å². The van der Waals surface area contributed by atoms with Crippen LogP contribution in [0, 0.1) is 6.92 Å². The molecule has 4 aromatic rings. The Morgan fingerprint density at radius 1 is 0.972 bits per heavy atom. The van der Waals surface area contributed by atoms with Crippen molar-refractivity contribution in [3.8, 4) is 39.8 Å². The van der Waals surface area contributed by atoms with Gasteiger partial charge in [-0.3, -0.25) is 4.68 Å². The van der Waals surface area contributed by atoms with E-state index in [4.69, 9.17) is 36.0 Å². The molecular formula is C28H27ClN2O5. The maximum absolute atomic E-state index is 11.2. The normalized spacial score (nSPS) is 10.8. The number of carbonyl (C=O) groups is 1. The van der Waals surface area contributed by atoms with E-state index >= 15 is 0 Å². The predicted molar refractivity (Wildman–Crippen MR) is 139 cm³/mol. The fraction of sp³-hybridized carbons (Fsp3) is 0.214. The largest absolute Gasteiger partial charge is 0.496 e. The Morgan fingerprint density at radius 2 is 1.69 bits per heavy atom. The molecule has 1 aromatic heterocycles. The number of hydrogen-bond acceptors (Lipinski definition) is 5. The molecule has 186 valence electrons. The molecular weight excluding hydrogens is 480 g/mol. The maximum atomic E-state index is 11.2. The van der Waals surface area contributed by atoms with Crippen molar-refractivity contribution in [1.82, 2.24) is 9.78 Å². The van der Waals surface area contributed by atoms with Gasteiger partial charge >= 0.3 is 5.97 Å². The average molecular weight is 507 g/mol. The number of aliphatic carboxylic acids is 1. The predicted octanol–water partition coefficient (Wildman–Crippen LogP) is 6.10. The zero-order chi connectivity index (χ0) is 25.7. The molecule has 0 aliphatic rings. The first-order valence-corrected chi connectivity index (χ1v) is 11.9. The fourth-order valence-corrected chi connectivity index (χ4v) is 4.12. The van der Waals surface area contributed by atoms with Crippen molar-refractivity contribution in [3.63, 3.8) is 0 Å². The van der Waals surface area contributed by atoms with Gasteiger partial charge in [-0.05, 0) is 55.8 Å². The lowest BCUT2D eigenvalue weighted by Gasteiger charge is -2.13. The van der Waals surface area contributed by atoms with Gasteiger partial charge in [-0.25, -0.2) is 4.79 Å². The highest BCUT2D eigenvalue weighted by Crippen LogP contribution is 2.38. The van der Waals surface area contributed by atoms with Gasteiger partial charge in [0.15, 0.2) is 6.61 Å². The Labute approximate surface area is 214 Å². The summed E-state index contributed by atoms with van der Waals surface area (Å²) in [6.07, 6.45) is 0. The van der Waals surface area contributed by atoms with E-state index in [0.717, 1.165) is 33.9 Å². The first-order valence-electron chi connectivity index (χ1n) is 11.5. The summed E-state index contributed by atoms with van der Waals surface area (Å²) in [6.45, 7) is 4.25. The summed E-state index contributed by atoms with van der Waals surface area (Å²) in [5.74, 6) is 0.812. The molecule has 1 heterocycles. The zero-order valence-electron chi connectivity index (χ0n) is 20.3. The SMILES string of the molecule is CCOc1ccccc1-c1cc(-c2cc(Cl)c(C)cc2OCC(=O)O)nn1Cc1ccccc1OC. The van der Waals surface area contributed by atoms with Crippen LogP contribution in [0.1, 0.15) is 18.1 Å². The van der Waals surface area contributed by atoms with Crippen LogP contribution in [0.4, 0.5) is 0 Å². The molecule has 0 unspecified atom stereocenters. The molecule has 0 aliphatic heterocycles. The molecule has 0 aliphatic carbocycles. The van der Waals surface area contributed by atoms with Crippen molar-refractivity contribution in [2.75, 3.05) is 20.3 Å². The van der Waals surface area contributed by atoms with Crippen LogP contribution >= 0.6 is 11.6 Å². The third-order valence-electron chi connectivity index (χ3n) is 5.64. The highest BCUT2D eigenvalue weighted by atomic mass is 35.5. The second-order valence-corrected chi connectivity index (χ2v) is 8.50. The van der Waals surface area contributed by atoms with Crippen molar-refractivity contribution in [2.45, 2.75) is 20.4 Å². The van der Waals surface area contributed by atoms with E-state index in [0.29, 0.717) is 35.2 Å². The monoisotopic (exact) mass is 506 g/mol. The molecule has 1 N–H and O–H groups in total. The van der Waals surface area contributed by atoms with E-state index in [9.17, 15) is 4.79 Å². The van der Waals surface area contributed by atoms with E-state index in [1.807, 2.05) is 73.1 Å². The van der Waals surface area contributed by atoms with E-state index < -0.39 is 12.6 Å². The number of nitrogens with zero attached hydrogens (tertiary/aromatic N) is 2. The quantitative estimate of drug-likeness (QED) is 0.280. The molecule has 8 heteroatoms. The van der Waals surface area contributed by atoms with Crippen molar-refractivity contribution in [3.05, 3.63) is 82.9 Å². The van der Waals surface area contributed by atoms with Crippen LogP contribution in [0.2, 0.25) is 5.02 Å². The lowest BCUT2D eigenvalue weighted by atomic mass is 10.1. The number of carboxylic acid groups (broad SMARTS) is 1. The minimum Gasteiger partial charge on any atom is -0.496 e.